The Hall–Kier alpha value is -2.41. The summed E-state index contributed by atoms with van der Waals surface area (Å²) in [5.74, 6) is -2.20. The molecular formula is C18H26N2O5. The predicted octanol–water partition coefficient (Wildman–Crippen LogP) is 1.25. The smallest absolute Gasteiger partial charge is 0.326 e. The lowest BCUT2D eigenvalue weighted by Gasteiger charge is -2.20. The van der Waals surface area contributed by atoms with Crippen LogP contribution in [0.3, 0.4) is 0 Å². The van der Waals surface area contributed by atoms with Crippen LogP contribution in [0.1, 0.15) is 39.2 Å². The van der Waals surface area contributed by atoms with E-state index in [0.717, 1.165) is 5.56 Å². The van der Waals surface area contributed by atoms with Crippen molar-refractivity contribution in [3.8, 4) is 0 Å². The molecule has 0 aliphatic heterocycles. The molecule has 4 N–H and O–H groups in total. The van der Waals surface area contributed by atoms with E-state index in [-0.39, 0.29) is 19.3 Å². The zero-order chi connectivity index (χ0) is 19.0. The highest BCUT2D eigenvalue weighted by molar-refractivity contribution is 5.87. The number of benzene rings is 1. The molecule has 0 radical (unpaired) electrons. The van der Waals surface area contributed by atoms with Crippen LogP contribution in [0.5, 0.6) is 0 Å². The maximum absolute atomic E-state index is 12.1. The lowest BCUT2D eigenvalue weighted by Crippen LogP contribution is -2.49. The standard InChI is InChI=1S/C18H26N2O5/c1-18(2,3)25-15(21)10-9-13(19)16(22)20-14(17(23)24)11-12-7-5-4-6-8-12/h4-8,13-14H,9-11,19H2,1-3H3,(H,20,22)(H,23,24)/t13-,14-/m0/s1. The molecule has 0 aliphatic rings. The van der Waals surface area contributed by atoms with E-state index >= 15 is 0 Å². The highest BCUT2D eigenvalue weighted by atomic mass is 16.6. The third-order valence-electron chi connectivity index (χ3n) is 3.31. The van der Waals surface area contributed by atoms with Gasteiger partial charge in [0, 0.05) is 12.8 Å². The maximum atomic E-state index is 12.1. The number of carboxylic acids is 1. The summed E-state index contributed by atoms with van der Waals surface area (Å²) < 4.78 is 5.15. The van der Waals surface area contributed by atoms with Crippen LogP contribution in [-0.2, 0) is 25.5 Å². The number of carbonyl (C=O) groups is 3. The van der Waals surface area contributed by atoms with Gasteiger partial charge in [0.25, 0.3) is 0 Å². The average molecular weight is 350 g/mol. The van der Waals surface area contributed by atoms with Crippen molar-refractivity contribution in [3.63, 3.8) is 0 Å². The number of nitrogens with two attached hydrogens (primary N) is 1. The fourth-order valence-electron chi connectivity index (χ4n) is 2.13. The molecular weight excluding hydrogens is 324 g/mol. The van der Waals surface area contributed by atoms with Crippen LogP contribution in [0.15, 0.2) is 30.3 Å². The lowest BCUT2D eigenvalue weighted by molar-refractivity contribution is -0.155. The molecule has 0 unspecified atom stereocenters. The van der Waals surface area contributed by atoms with Gasteiger partial charge in [0.05, 0.1) is 6.04 Å². The number of carboxylic acid groups (broad SMARTS) is 1. The summed E-state index contributed by atoms with van der Waals surface area (Å²) in [6.07, 6.45) is 0.224. The van der Waals surface area contributed by atoms with Crippen LogP contribution in [0.2, 0.25) is 0 Å². The number of esters is 1. The highest BCUT2D eigenvalue weighted by Crippen LogP contribution is 2.10. The van der Waals surface area contributed by atoms with E-state index in [1.54, 1.807) is 45.0 Å². The second-order valence-corrected chi connectivity index (χ2v) is 6.82. The van der Waals surface area contributed by atoms with Crippen molar-refractivity contribution in [1.29, 1.82) is 0 Å². The van der Waals surface area contributed by atoms with Crippen LogP contribution in [0.4, 0.5) is 0 Å². The Bertz CT molecular complexity index is 595. The van der Waals surface area contributed by atoms with Crippen molar-refractivity contribution in [3.05, 3.63) is 35.9 Å². The first-order valence-electron chi connectivity index (χ1n) is 8.13. The van der Waals surface area contributed by atoms with Gasteiger partial charge in [-0.05, 0) is 32.8 Å². The first-order chi connectivity index (χ1) is 11.6. The van der Waals surface area contributed by atoms with Crippen molar-refractivity contribution in [2.45, 2.75) is 57.7 Å². The van der Waals surface area contributed by atoms with E-state index in [2.05, 4.69) is 5.32 Å². The highest BCUT2D eigenvalue weighted by Gasteiger charge is 2.24. The molecule has 1 aromatic rings. The van der Waals surface area contributed by atoms with Crippen LogP contribution in [-0.4, -0.2) is 40.6 Å². The summed E-state index contributed by atoms with van der Waals surface area (Å²) in [5, 5.41) is 11.7. The Labute approximate surface area is 147 Å². The number of amides is 1. The van der Waals surface area contributed by atoms with E-state index in [1.807, 2.05) is 6.07 Å². The predicted molar refractivity (Wildman–Crippen MR) is 92.8 cm³/mol. The number of aliphatic carboxylic acids is 1. The number of hydrogen-bond donors (Lipinski definition) is 3. The van der Waals surface area contributed by atoms with Gasteiger partial charge in [-0.3, -0.25) is 9.59 Å². The summed E-state index contributed by atoms with van der Waals surface area (Å²) >= 11 is 0. The number of hydrogen-bond acceptors (Lipinski definition) is 5. The second-order valence-electron chi connectivity index (χ2n) is 6.82. The summed E-state index contributed by atoms with van der Waals surface area (Å²) in [4.78, 5) is 35.1. The number of carbonyl (C=O) groups excluding carboxylic acids is 2. The first-order valence-corrected chi connectivity index (χ1v) is 8.13. The van der Waals surface area contributed by atoms with Gasteiger partial charge in [-0.25, -0.2) is 4.79 Å². The molecule has 1 amide bonds. The number of ether oxygens (including phenoxy) is 1. The van der Waals surface area contributed by atoms with Crippen LogP contribution >= 0.6 is 0 Å². The van der Waals surface area contributed by atoms with Crippen molar-refractivity contribution in [1.82, 2.24) is 5.32 Å². The van der Waals surface area contributed by atoms with E-state index in [1.165, 1.54) is 0 Å². The molecule has 0 saturated carbocycles. The fraction of sp³-hybridized carbons (Fsp3) is 0.500. The molecule has 25 heavy (non-hydrogen) atoms. The second kappa shape index (κ2) is 9.17. The topological polar surface area (TPSA) is 119 Å². The fourth-order valence-corrected chi connectivity index (χ4v) is 2.13. The molecule has 0 fully saturated rings. The van der Waals surface area contributed by atoms with Gasteiger partial charge in [0.2, 0.25) is 5.91 Å². The largest absolute Gasteiger partial charge is 0.480 e. The number of nitrogens with one attached hydrogen (secondary N) is 1. The average Bonchev–Trinajstić information content (AvgIpc) is 2.51. The van der Waals surface area contributed by atoms with Gasteiger partial charge in [-0.2, -0.15) is 0 Å². The van der Waals surface area contributed by atoms with Gasteiger partial charge in [-0.1, -0.05) is 30.3 Å². The summed E-state index contributed by atoms with van der Waals surface area (Å²) in [5.41, 5.74) is 5.94. The van der Waals surface area contributed by atoms with E-state index in [4.69, 9.17) is 10.5 Å². The molecule has 0 saturated heterocycles. The van der Waals surface area contributed by atoms with Crippen LogP contribution in [0.25, 0.3) is 0 Å². The van der Waals surface area contributed by atoms with E-state index < -0.39 is 35.5 Å². The van der Waals surface area contributed by atoms with Gasteiger partial charge in [-0.15, -0.1) is 0 Å². The third-order valence-corrected chi connectivity index (χ3v) is 3.31. The molecule has 1 rings (SSSR count). The van der Waals surface area contributed by atoms with Crippen molar-refractivity contribution < 1.29 is 24.2 Å². The molecule has 138 valence electrons. The molecule has 0 aromatic heterocycles. The van der Waals surface area contributed by atoms with E-state index in [9.17, 15) is 19.5 Å². The lowest BCUT2D eigenvalue weighted by atomic mass is 10.0. The van der Waals surface area contributed by atoms with Gasteiger partial charge < -0.3 is 20.9 Å². The molecule has 7 nitrogen and oxygen atoms in total. The van der Waals surface area contributed by atoms with Crippen molar-refractivity contribution in [2.75, 3.05) is 0 Å². The van der Waals surface area contributed by atoms with Gasteiger partial charge >= 0.3 is 11.9 Å². The van der Waals surface area contributed by atoms with E-state index in [0.29, 0.717) is 0 Å². The molecule has 0 spiro atoms. The Balaban J connectivity index is 2.53. The molecule has 7 heteroatoms. The Kier molecular flexibility index (Phi) is 7.57. The maximum Gasteiger partial charge on any atom is 0.326 e. The summed E-state index contributed by atoms with van der Waals surface area (Å²) in [6.45, 7) is 5.25. The van der Waals surface area contributed by atoms with Gasteiger partial charge in [0.1, 0.15) is 11.6 Å². The molecule has 2 atom stereocenters. The molecule has 1 aromatic carbocycles. The van der Waals surface area contributed by atoms with Crippen LogP contribution < -0.4 is 11.1 Å². The Morgan fingerprint density at radius 2 is 1.80 bits per heavy atom. The normalized spacial score (nSPS) is 13.6. The first kappa shape index (κ1) is 20.6. The summed E-state index contributed by atoms with van der Waals surface area (Å²) in [7, 11) is 0. The Morgan fingerprint density at radius 3 is 2.32 bits per heavy atom. The van der Waals surface area contributed by atoms with Gasteiger partial charge in [0.15, 0.2) is 0 Å². The monoisotopic (exact) mass is 350 g/mol. The minimum atomic E-state index is -1.14. The Morgan fingerprint density at radius 1 is 1.20 bits per heavy atom. The van der Waals surface area contributed by atoms with Crippen molar-refractivity contribution in [2.24, 2.45) is 5.73 Å². The zero-order valence-electron chi connectivity index (χ0n) is 14.8. The minimum absolute atomic E-state index is 0.0116. The molecule has 0 heterocycles. The summed E-state index contributed by atoms with van der Waals surface area (Å²) in [6, 6.07) is 6.91. The zero-order valence-corrected chi connectivity index (χ0v) is 14.8. The van der Waals surface area contributed by atoms with Crippen molar-refractivity contribution >= 4 is 17.8 Å². The van der Waals surface area contributed by atoms with Crippen LogP contribution in [0, 0.1) is 0 Å². The molecule has 0 aliphatic carbocycles. The number of rotatable bonds is 8. The SMILES string of the molecule is CC(C)(C)OC(=O)CC[C@H](N)C(=O)N[C@@H](Cc1ccccc1)C(=O)O. The third kappa shape index (κ3) is 8.30. The molecule has 0 bridgehead atoms. The quantitative estimate of drug-likeness (QED) is 0.607. The minimum Gasteiger partial charge on any atom is -0.480 e.